The number of amides is 1. The van der Waals surface area contributed by atoms with Crippen LogP contribution in [0.2, 0.25) is 0 Å². The number of hydrogen-bond acceptors (Lipinski definition) is 4. The van der Waals surface area contributed by atoms with Crippen molar-refractivity contribution in [3.63, 3.8) is 0 Å². The first-order valence-corrected chi connectivity index (χ1v) is 9.13. The summed E-state index contributed by atoms with van der Waals surface area (Å²) >= 11 is 0. The van der Waals surface area contributed by atoms with Gasteiger partial charge >= 0.3 is 6.18 Å². The molecule has 0 fully saturated rings. The quantitative estimate of drug-likeness (QED) is 0.524. The number of fused-ring (bicyclic) bond motifs is 1. The van der Waals surface area contributed by atoms with E-state index in [-0.39, 0.29) is 10.9 Å². The number of anilines is 1. The molecule has 0 aliphatic heterocycles. The van der Waals surface area contributed by atoms with Crippen LogP contribution in [0.4, 0.5) is 18.9 Å². The van der Waals surface area contributed by atoms with E-state index in [0.29, 0.717) is 23.6 Å². The van der Waals surface area contributed by atoms with E-state index in [1.807, 2.05) is 11.5 Å². The van der Waals surface area contributed by atoms with Crippen molar-refractivity contribution in [3.8, 4) is 11.4 Å². The van der Waals surface area contributed by atoms with Crippen LogP contribution in [-0.4, -0.2) is 25.7 Å². The Balaban J connectivity index is 1.72. The molecule has 2 aromatic carbocycles. The minimum atomic E-state index is -4.71. The lowest BCUT2D eigenvalue weighted by molar-refractivity contribution is -0.136. The lowest BCUT2D eigenvalue weighted by Crippen LogP contribution is -2.19. The van der Waals surface area contributed by atoms with Gasteiger partial charge < -0.3 is 9.88 Å². The molecule has 6 nitrogen and oxygen atoms in total. The smallest absolute Gasteiger partial charge is 0.322 e. The number of alkyl halides is 3. The van der Waals surface area contributed by atoms with Crippen LogP contribution in [0.5, 0.6) is 0 Å². The molecule has 152 valence electrons. The van der Waals surface area contributed by atoms with Crippen LogP contribution >= 0.6 is 0 Å². The van der Waals surface area contributed by atoms with E-state index in [2.05, 4.69) is 20.5 Å². The molecular weight excluding hydrogens is 395 g/mol. The second kappa shape index (κ2) is 7.58. The standard InChI is InChI=1S/C21H16F3N5O/c1-2-29-12-26-28-19(29)13-6-5-7-14(10-13)27-20(30)16-11-25-17-9-4-3-8-15(17)18(16)21(22,23)24/h3-12H,2H2,1H3,(H,27,30). The number of aromatic nitrogens is 4. The second-order valence-corrected chi connectivity index (χ2v) is 6.54. The average Bonchev–Trinajstić information content (AvgIpc) is 3.21. The zero-order chi connectivity index (χ0) is 21.3. The van der Waals surface area contributed by atoms with Crippen molar-refractivity contribution >= 4 is 22.5 Å². The summed E-state index contributed by atoms with van der Waals surface area (Å²) in [6.45, 7) is 2.58. The van der Waals surface area contributed by atoms with Crippen LogP contribution in [0.1, 0.15) is 22.8 Å². The van der Waals surface area contributed by atoms with Crippen molar-refractivity contribution < 1.29 is 18.0 Å². The van der Waals surface area contributed by atoms with E-state index in [9.17, 15) is 18.0 Å². The SMILES string of the molecule is CCn1cnnc1-c1cccc(NC(=O)c2cnc3ccccc3c2C(F)(F)F)c1. The van der Waals surface area contributed by atoms with Crippen LogP contribution < -0.4 is 5.32 Å². The van der Waals surface area contributed by atoms with E-state index in [0.717, 1.165) is 6.20 Å². The van der Waals surface area contributed by atoms with Crippen molar-refractivity contribution in [2.75, 3.05) is 5.32 Å². The van der Waals surface area contributed by atoms with Crippen LogP contribution in [0.3, 0.4) is 0 Å². The number of carbonyl (C=O) groups excluding carboxylic acids is 1. The third-order valence-electron chi connectivity index (χ3n) is 4.64. The Bertz CT molecular complexity index is 1230. The number of nitrogens with one attached hydrogen (secondary N) is 1. The van der Waals surface area contributed by atoms with Gasteiger partial charge in [-0.25, -0.2) is 0 Å². The average molecular weight is 411 g/mol. The van der Waals surface area contributed by atoms with Gasteiger partial charge in [-0.1, -0.05) is 30.3 Å². The topological polar surface area (TPSA) is 72.7 Å². The van der Waals surface area contributed by atoms with E-state index in [1.165, 1.54) is 18.2 Å². The Kier molecular flexibility index (Phi) is 4.94. The van der Waals surface area contributed by atoms with Crippen molar-refractivity contribution in [3.05, 3.63) is 72.2 Å². The zero-order valence-corrected chi connectivity index (χ0v) is 15.8. The minimum absolute atomic E-state index is 0.123. The first-order valence-electron chi connectivity index (χ1n) is 9.13. The Labute approximate surface area is 169 Å². The number of benzene rings is 2. The Morgan fingerprint density at radius 2 is 1.93 bits per heavy atom. The highest BCUT2D eigenvalue weighted by Gasteiger charge is 2.37. The summed E-state index contributed by atoms with van der Waals surface area (Å²) in [6.07, 6.45) is -2.18. The van der Waals surface area contributed by atoms with Crippen molar-refractivity contribution in [1.82, 2.24) is 19.7 Å². The maximum Gasteiger partial charge on any atom is 0.417 e. The van der Waals surface area contributed by atoms with Crippen LogP contribution in [0.25, 0.3) is 22.3 Å². The number of hydrogen-bond donors (Lipinski definition) is 1. The van der Waals surface area contributed by atoms with E-state index in [4.69, 9.17) is 0 Å². The lowest BCUT2D eigenvalue weighted by Gasteiger charge is -2.15. The molecule has 0 radical (unpaired) electrons. The predicted molar refractivity (Wildman–Crippen MR) is 106 cm³/mol. The molecule has 1 amide bonds. The summed E-state index contributed by atoms with van der Waals surface area (Å²) in [5.41, 5.74) is -0.359. The number of halogens is 3. The van der Waals surface area contributed by atoms with E-state index >= 15 is 0 Å². The summed E-state index contributed by atoms with van der Waals surface area (Å²) in [5.74, 6) is -0.299. The highest BCUT2D eigenvalue weighted by molar-refractivity contribution is 6.08. The van der Waals surface area contributed by atoms with Gasteiger partial charge in [-0.3, -0.25) is 9.78 Å². The minimum Gasteiger partial charge on any atom is -0.322 e. The van der Waals surface area contributed by atoms with Crippen molar-refractivity contribution in [1.29, 1.82) is 0 Å². The van der Waals surface area contributed by atoms with Gasteiger partial charge in [-0.2, -0.15) is 13.2 Å². The summed E-state index contributed by atoms with van der Waals surface area (Å²) in [6, 6.07) is 12.5. The van der Waals surface area contributed by atoms with Crippen LogP contribution in [0, 0.1) is 0 Å². The largest absolute Gasteiger partial charge is 0.417 e. The molecule has 0 bridgehead atoms. The number of pyridine rings is 1. The van der Waals surface area contributed by atoms with Gasteiger partial charge in [0.15, 0.2) is 5.82 Å². The molecule has 0 atom stereocenters. The van der Waals surface area contributed by atoms with Crippen LogP contribution in [0.15, 0.2) is 61.1 Å². The Morgan fingerprint density at radius 3 is 2.70 bits per heavy atom. The van der Waals surface area contributed by atoms with E-state index < -0.39 is 23.2 Å². The molecular formula is C21H16F3N5O. The summed E-state index contributed by atoms with van der Waals surface area (Å²) in [5, 5.41) is 10.3. The molecule has 0 aliphatic rings. The fraction of sp³-hybridized carbons (Fsp3) is 0.143. The molecule has 1 N–H and O–H groups in total. The van der Waals surface area contributed by atoms with Gasteiger partial charge in [0.05, 0.1) is 16.6 Å². The molecule has 9 heteroatoms. The molecule has 0 spiro atoms. The van der Waals surface area contributed by atoms with Crippen molar-refractivity contribution in [2.45, 2.75) is 19.6 Å². The molecule has 4 aromatic rings. The number of para-hydroxylation sites is 1. The van der Waals surface area contributed by atoms with Gasteiger partial charge in [0.2, 0.25) is 0 Å². The molecule has 0 saturated carbocycles. The fourth-order valence-corrected chi connectivity index (χ4v) is 3.26. The monoisotopic (exact) mass is 411 g/mol. The Hall–Kier alpha value is -3.75. The molecule has 30 heavy (non-hydrogen) atoms. The van der Waals surface area contributed by atoms with Gasteiger partial charge in [0.1, 0.15) is 6.33 Å². The number of nitrogens with zero attached hydrogens (tertiary/aromatic N) is 4. The predicted octanol–water partition coefficient (Wildman–Crippen LogP) is 4.78. The Morgan fingerprint density at radius 1 is 1.13 bits per heavy atom. The maximum absolute atomic E-state index is 13.8. The van der Waals surface area contributed by atoms with Gasteiger partial charge in [-0.05, 0) is 25.1 Å². The third kappa shape index (κ3) is 3.61. The summed E-state index contributed by atoms with van der Waals surface area (Å²) in [4.78, 5) is 16.8. The zero-order valence-electron chi connectivity index (χ0n) is 15.8. The fourth-order valence-electron chi connectivity index (χ4n) is 3.26. The number of aryl methyl sites for hydroxylation is 1. The summed E-state index contributed by atoms with van der Waals surface area (Å²) < 4.78 is 43.2. The first kappa shape index (κ1) is 19.6. The maximum atomic E-state index is 13.8. The van der Waals surface area contributed by atoms with Gasteiger partial charge in [-0.15, -0.1) is 10.2 Å². The van der Waals surface area contributed by atoms with Gasteiger partial charge in [0, 0.05) is 29.4 Å². The van der Waals surface area contributed by atoms with Crippen molar-refractivity contribution in [2.24, 2.45) is 0 Å². The molecule has 0 saturated heterocycles. The van der Waals surface area contributed by atoms with E-state index in [1.54, 1.807) is 36.7 Å². The third-order valence-corrected chi connectivity index (χ3v) is 4.64. The molecule has 0 aliphatic carbocycles. The summed E-state index contributed by atoms with van der Waals surface area (Å²) in [7, 11) is 0. The molecule has 2 aromatic heterocycles. The number of carbonyl (C=O) groups is 1. The molecule has 4 rings (SSSR count). The normalized spacial score (nSPS) is 11.6. The highest BCUT2D eigenvalue weighted by atomic mass is 19.4. The second-order valence-electron chi connectivity index (χ2n) is 6.54. The molecule has 2 heterocycles. The van der Waals surface area contributed by atoms with Gasteiger partial charge in [0.25, 0.3) is 5.91 Å². The lowest BCUT2D eigenvalue weighted by atomic mass is 10.0. The number of rotatable bonds is 4. The highest BCUT2D eigenvalue weighted by Crippen LogP contribution is 2.37. The molecule has 0 unspecified atom stereocenters. The first-order chi connectivity index (χ1) is 14.4. The van der Waals surface area contributed by atoms with Crippen LogP contribution in [-0.2, 0) is 12.7 Å².